The van der Waals surface area contributed by atoms with E-state index in [1.165, 1.54) is 16.2 Å². The molecule has 1 aromatic heterocycles. The van der Waals surface area contributed by atoms with Crippen LogP contribution in [0.2, 0.25) is 0 Å². The topological polar surface area (TPSA) is 74.5 Å². The van der Waals surface area contributed by atoms with E-state index in [1.54, 1.807) is 20.3 Å². The van der Waals surface area contributed by atoms with Crippen molar-refractivity contribution in [1.82, 2.24) is 20.1 Å². The molecule has 0 aliphatic heterocycles. The quantitative estimate of drug-likeness (QED) is 0.802. The minimum Gasteiger partial charge on any atom is -0.375 e. The first-order valence-corrected chi connectivity index (χ1v) is 6.14. The van der Waals surface area contributed by atoms with Crippen molar-refractivity contribution in [1.29, 1.82) is 0 Å². The number of urea groups is 1. The van der Waals surface area contributed by atoms with Gasteiger partial charge in [-0.1, -0.05) is 0 Å². The molecule has 3 N–H and O–H groups in total. The van der Waals surface area contributed by atoms with E-state index in [2.05, 4.69) is 15.2 Å². The fraction of sp³-hybridized carbons (Fsp3) is 0.600. The Balaban J connectivity index is 2.22. The maximum absolute atomic E-state index is 11.3. The van der Waals surface area contributed by atoms with Gasteiger partial charge in [0.25, 0.3) is 0 Å². The summed E-state index contributed by atoms with van der Waals surface area (Å²) in [6.45, 7) is 2.21. The van der Waals surface area contributed by atoms with Gasteiger partial charge in [0.1, 0.15) is 0 Å². The molecule has 1 heterocycles. The molecule has 0 aliphatic carbocycles. The summed E-state index contributed by atoms with van der Waals surface area (Å²) in [7, 11) is 5.44. The Kier molecular flexibility index (Phi) is 5.17. The van der Waals surface area contributed by atoms with E-state index in [-0.39, 0.29) is 6.03 Å². The number of likely N-dealkylation sites (N-methyl/N-ethyl adjacent to an activating group) is 1. The molecule has 0 radical (unpaired) electrons. The molecule has 17 heavy (non-hydrogen) atoms. The van der Waals surface area contributed by atoms with Crippen molar-refractivity contribution < 1.29 is 4.79 Å². The van der Waals surface area contributed by atoms with E-state index in [1.807, 2.05) is 7.05 Å². The zero-order valence-corrected chi connectivity index (χ0v) is 11.3. The molecule has 0 bridgehead atoms. The molecule has 96 valence electrons. The minimum absolute atomic E-state index is 0.0690. The number of amides is 2. The molecule has 7 heteroatoms. The molecule has 1 rings (SSSR count). The third-order valence-electron chi connectivity index (χ3n) is 2.17. The fourth-order valence-electron chi connectivity index (χ4n) is 1.25. The summed E-state index contributed by atoms with van der Waals surface area (Å²) in [5, 5.41) is 3.40. The van der Waals surface area contributed by atoms with Gasteiger partial charge in [-0.25, -0.2) is 9.78 Å². The third-order valence-corrected chi connectivity index (χ3v) is 2.98. The summed E-state index contributed by atoms with van der Waals surface area (Å²) in [5.41, 5.74) is 5.55. The van der Waals surface area contributed by atoms with Crippen molar-refractivity contribution >= 4 is 22.5 Å². The van der Waals surface area contributed by atoms with Crippen LogP contribution >= 0.6 is 11.3 Å². The number of carbonyl (C=O) groups excluding carboxylic acids is 1. The monoisotopic (exact) mass is 257 g/mol. The number of hydrogen-bond donors (Lipinski definition) is 2. The summed E-state index contributed by atoms with van der Waals surface area (Å²) < 4.78 is 0. The van der Waals surface area contributed by atoms with Gasteiger partial charge in [0, 0.05) is 44.8 Å². The Morgan fingerprint density at radius 1 is 1.53 bits per heavy atom. The van der Waals surface area contributed by atoms with Gasteiger partial charge in [-0.05, 0) is 7.05 Å². The first-order valence-electron chi connectivity index (χ1n) is 5.33. The Morgan fingerprint density at radius 3 is 2.76 bits per heavy atom. The average molecular weight is 257 g/mol. The van der Waals surface area contributed by atoms with Gasteiger partial charge in [0.15, 0.2) is 5.13 Å². The maximum atomic E-state index is 11.3. The van der Waals surface area contributed by atoms with Crippen molar-refractivity contribution in [2.75, 3.05) is 40.0 Å². The van der Waals surface area contributed by atoms with E-state index in [9.17, 15) is 4.79 Å². The van der Waals surface area contributed by atoms with E-state index in [0.717, 1.165) is 18.0 Å². The summed E-state index contributed by atoms with van der Waals surface area (Å²) >= 11 is 1.49. The van der Waals surface area contributed by atoms with E-state index in [4.69, 9.17) is 5.73 Å². The smallest absolute Gasteiger partial charge is 0.316 e. The Bertz CT molecular complexity index is 365. The molecular formula is C10H19N5OS. The van der Waals surface area contributed by atoms with Crippen molar-refractivity contribution in [2.24, 2.45) is 0 Å². The lowest BCUT2D eigenvalue weighted by Crippen LogP contribution is -2.38. The average Bonchev–Trinajstić information content (AvgIpc) is 2.63. The number of nitrogens with zero attached hydrogens (tertiary/aromatic N) is 3. The number of carbonyl (C=O) groups is 1. The van der Waals surface area contributed by atoms with E-state index >= 15 is 0 Å². The SMILES string of the molecule is CN(CCNC(=O)N(C)C)Cc1cnc(N)s1. The van der Waals surface area contributed by atoms with Gasteiger partial charge >= 0.3 is 6.03 Å². The second-order valence-electron chi connectivity index (χ2n) is 4.03. The van der Waals surface area contributed by atoms with Gasteiger partial charge in [0.2, 0.25) is 0 Å². The van der Waals surface area contributed by atoms with Crippen molar-refractivity contribution in [3.8, 4) is 0 Å². The predicted molar refractivity (Wildman–Crippen MR) is 69.9 cm³/mol. The van der Waals surface area contributed by atoms with Crippen LogP contribution in [0.1, 0.15) is 4.88 Å². The van der Waals surface area contributed by atoms with Crippen LogP contribution < -0.4 is 11.1 Å². The molecule has 1 aromatic rings. The lowest BCUT2D eigenvalue weighted by Gasteiger charge is -2.17. The Morgan fingerprint density at radius 2 is 2.24 bits per heavy atom. The Hall–Kier alpha value is -1.34. The number of rotatable bonds is 5. The molecule has 2 amide bonds. The van der Waals surface area contributed by atoms with Gasteiger partial charge in [0.05, 0.1) is 0 Å². The highest BCUT2D eigenvalue weighted by atomic mass is 32.1. The minimum atomic E-state index is -0.0690. The highest BCUT2D eigenvalue weighted by Crippen LogP contribution is 2.15. The van der Waals surface area contributed by atoms with Crippen molar-refractivity contribution in [2.45, 2.75) is 6.54 Å². The number of aromatic nitrogens is 1. The molecule has 0 unspecified atom stereocenters. The van der Waals surface area contributed by atoms with E-state index in [0.29, 0.717) is 11.7 Å². The number of nitrogen functional groups attached to an aromatic ring is 1. The number of anilines is 1. The molecular weight excluding hydrogens is 238 g/mol. The van der Waals surface area contributed by atoms with Crippen molar-refractivity contribution in [3.05, 3.63) is 11.1 Å². The van der Waals surface area contributed by atoms with Crippen LogP contribution in [0, 0.1) is 0 Å². The molecule has 0 aromatic carbocycles. The van der Waals surface area contributed by atoms with E-state index < -0.39 is 0 Å². The lowest BCUT2D eigenvalue weighted by molar-refractivity contribution is 0.215. The predicted octanol–water partition coefficient (Wildman–Crippen LogP) is 0.428. The number of nitrogens with two attached hydrogens (primary N) is 1. The van der Waals surface area contributed by atoms with Gasteiger partial charge in [-0.15, -0.1) is 11.3 Å². The number of nitrogens with one attached hydrogen (secondary N) is 1. The second-order valence-corrected chi connectivity index (χ2v) is 5.18. The van der Waals surface area contributed by atoms with Gasteiger partial charge in [-0.3, -0.25) is 4.90 Å². The number of thiazole rings is 1. The van der Waals surface area contributed by atoms with Crippen LogP contribution in [0.5, 0.6) is 0 Å². The zero-order chi connectivity index (χ0) is 12.8. The highest BCUT2D eigenvalue weighted by Gasteiger charge is 2.05. The summed E-state index contributed by atoms with van der Waals surface area (Å²) in [6.07, 6.45) is 1.79. The molecule has 0 saturated carbocycles. The first-order chi connectivity index (χ1) is 7.99. The third kappa shape index (κ3) is 5.01. The molecule has 0 atom stereocenters. The normalized spacial score (nSPS) is 10.6. The van der Waals surface area contributed by atoms with Crippen LogP contribution in [0.4, 0.5) is 9.93 Å². The molecule has 0 saturated heterocycles. The van der Waals surface area contributed by atoms with Crippen LogP contribution in [-0.2, 0) is 6.54 Å². The van der Waals surface area contributed by atoms with Crippen molar-refractivity contribution in [3.63, 3.8) is 0 Å². The Labute approximate surface area is 105 Å². The first kappa shape index (κ1) is 13.7. The molecule has 6 nitrogen and oxygen atoms in total. The van der Waals surface area contributed by atoms with Gasteiger partial charge in [-0.2, -0.15) is 0 Å². The standard InChI is InChI=1S/C10H19N5OS/c1-14(2)10(16)12-4-5-15(3)7-8-6-13-9(11)17-8/h6H,4-5,7H2,1-3H3,(H2,11,13)(H,12,16). The summed E-state index contributed by atoms with van der Waals surface area (Å²) in [6, 6.07) is -0.0690. The zero-order valence-electron chi connectivity index (χ0n) is 10.4. The van der Waals surface area contributed by atoms with Crippen LogP contribution in [0.15, 0.2) is 6.20 Å². The number of hydrogen-bond acceptors (Lipinski definition) is 5. The second kappa shape index (κ2) is 6.41. The summed E-state index contributed by atoms with van der Waals surface area (Å²) in [5.74, 6) is 0. The van der Waals surface area contributed by atoms with Crippen LogP contribution in [-0.4, -0.2) is 55.0 Å². The van der Waals surface area contributed by atoms with Gasteiger partial charge < -0.3 is 16.0 Å². The molecule has 0 fully saturated rings. The summed E-state index contributed by atoms with van der Waals surface area (Å²) in [4.78, 5) is 20.0. The molecule has 0 aliphatic rings. The lowest BCUT2D eigenvalue weighted by atomic mass is 10.4. The van der Waals surface area contributed by atoms with Crippen LogP contribution in [0.25, 0.3) is 0 Å². The fourth-order valence-corrected chi connectivity index (χ4v) is 2.02. The highest BCUT2D eigenvalue weighted by molar-refractivity contribution is 7.15. The largest absolute Gasteiger partial charge is 0.375 e. The maximum Gasteiger partial charge on any atom is 0.316 e. The molecule has 0 spiro atoms. The van der Waals surface area contributed by atoms with Crippen LogP contribution in [0.3, 0.4) is 0 Å².